The monoisotopic (exact) mass is 319 g/mol. The maximum atomic E-state index is 12.2. The van der Waals surface area contributed by atoms with Gasteiger partial charge < -0.3 is 15.6 Å². The minimum atomic E-state index is 0.0914. The van der Waals surface area contributed by atoms with Gasteiger partial charge in [-0.15, -0.1) is 10.2 Å². The van der Waals surface area contributed by atoms with E-state index in [1.54, 1.807) is 6.20 Å². The lowest BCUT2D eigenvalue weighted by molar-refractivity contribution is -0.128. The fourth-order valence-electron chi connectivity index (χ4n) is 2.28. The Labute approximate surface area is 132 Å². The Hall–Kier alpha value is -2.29. The summed E-state index contributed by atoms with van der Waals surface area (Å²) >= 11 is 1.30. The van der Waals surface area contributed by atoms with Gasteiger partial charge in [0, 0.05) is 32.4 Å². The van der Waals surface area contributed by atoms with Gasteiger partial charge in [0.15, 0.2) is 0 Å². The number of nitrogen functional groups attached to an aromatic ring is 1. The van der Waals surface area contributed by atoms with Gasteiger partial charge >= 0.3 is 0 Å². The maximum Gasteiger partial charge on any atom is 0.233 e. The second-order valence-electron chi connectivity index (χ2n) is 4.87. The third-order valence-corrected chi connectivity index (χ3v) is 4.41. The van der Waals surface area contributed by atoms with Crippen molar-refractivity contribution in [2.45, 2.75) is 5.16 Å². The summed E-state index contributed by atoms with van der Waals surface area (Å²) in [6.45, 7) is 2.98. The van der Waals surface area contributed by atoms with Crippen molar-refractivity contribution in [1.82, 2.24) is 24.8 Å². The predicted octanol–water partition coefficient (Wildman–Crippen LogP) is -0.172. The molecular weight excluding hydrogens is 302 g/mol. The van der Waals surface area contributed by atoms with E-state index < -0.39 is 0 Å². The Morgan fingerprint density at radius 1 is 1.27 bits per heavy atom. The van der Waals surface area contributed by atoms with Crippen molar-refractivity contribution >= 4 is 23.5 Å². The first-order valence-corrected chi connectivity index (χ1v) is 7.94. The van der Waals surface area contributed by atoms with E-state index in [0.29, 0.717) is 24.0 Å². The van der Waals surface area contributed by atoms with Gasteiger partial charge in [-0.3, -0.25) is 4.79 Å². The highest BCUT2D eigenvalue weighted by atomic mass is 32.2. The number of anilines is 1. The third kappa shape index (κ3) is 3.30. The zero-order valence-corrected chi connectivity index (χ0v) is 12.8. The Balaban J connectivity index is 1.49. The highest BCUT2D eigenvalue weighted by Gasteiger charge is 2.22. The summed E-state index contributed by atoms with van der Waals surface area (Å²) < 4.78 is 1.32. The van der Waals surface area contributed by atoms with Gasteiger partial charge in [0.25, 0.3) is 0 Å². The van der Waals surface area contributed by atoms with Crippen molar-refractivity contribution in [3.63, 3.8) is 0 Å². The van der Waals surface area contributed by atoms with Crippen LogP contribution < -0.4 is 10.7 Å². The topological polar surface area (TPSA) is 93.2 Å². The smallest absolute Gasteiger partial charge is 0.233 e. The number of carbonyl (C=O) groups is 1. The van der Waals surface area contributed by atoms with Gasteiger partial charge in [-0.1, -0.05) is 17.8 Å². The lowest BCUT2D eigenvalue weighted by Crippen LogP contribution is -2.49. The van der Waals surface area contributed by atoms with E-state index in [9.17, 15) is 4.79 Å². The average molecular weight is 319 g/mol. The molecule has 0 spiro atoms. The summed E-state index contributed by atoms with van der Waals surface area (Å²) in [6, 6.07) is 5.86. The second kappa shape index (κ2) is 6.65. The summed E-state index contributed by atoms with van der Waals surface area (Å²) in [5.74, 6) is 6.99. The van der Waals surface area contributed by atoms with Crippen LogP contribution >= 0.6 is 11.8 Å². The van der Waals surface area contributed by atoms with Crippen molar-refractivity contribution < 1.29 is 4.79 Å². The summed E-state index contributed by atoms with van der Waals surface area (Å²) in [5.41, 5.74) is 0. The van der Waals surface area contributed by atoms with Crippen molar-refractivity contribution in [2.24, 2.45) is 0 Å². The second-order valence-corrected chi connectivity index (χ2v) is 5.81. The molecule has 22 heavy (non-hydrogen) atoms. The molecule has 2 aromatic heterocycles. The molecule has 0 bridgehead atoms. The first-order chi connectivity index (χ1) is 10.7. The number of nitrogens with zero attached hydrogens (tertiary/aromatic N) is 6. The molecule has 0 radical (unpaired) electrons. The molecule has 2 N–H and O–H groups in total. The van der Waals surface area contributed by atoms with E-state index in [1.807, 2.05) is 23.1 Å². The average Bonchev–Trinajstić information content (AvgIpc) is 2.99. The van der Waals surface area contributed by atoms with Crippen LogP contribution in [0.2, 0.25) is 0 Å². The minimum Gasteiger partial charge on any atom is -0.353 e. The number of nitrogens with two attached hydrogens (primary N) is 1. The van der Waals surface area contributed by atoms with Crippen LogP contribution in [0.15, 0.2) is 35.9 Å². The zero-order valence-electron chi connectivity index (χ0n) is 12.0. The number of pyridine rings is 1. The largest absolute Gasteiger partial charge is 0.353 e. The number of amides is 1. The lowest BCUT2D eigenvalue weighted by atomic mass is 10.3. The lowest BCUT2D eigenvalue weighted by Gasteiger charge is -2.35. The van der Waals surface area contributed by atoms with Gasteiger partial charge in [0.05, 0.1) is 5.75 Å². The van der Waals surface area contributed by atoms with E-state index in [0.717, 1.165) is 18.9 Å². The number of piperazine rings is 1. The number of hydrogen-bond acceptors (Lipinski definition) is 7. The van der Waals surface area contributed by atoms with E-state index >= 15 is 0 Å². The molecule has 0 aromatic carbocycles. The normalized spacial score (nSPS) is 15.1. The molecule has 9 heteroatoms. The summed E-state index contributed by atoms with van der Waals surface area (Å²) in [6.07, 6.45) is 3.20. The molecule has 0 aliphatic carbocycles. The molecule has 3 rings (SSSR count). The Bertz CT molecular complexity index is 624. The molecule has 8 nitrogen and oxygen atoms in total. The molecule has 1 amide bonds. The van der Waals surface area contributed by atoms with Crippen LogP contribution in [-0.2, 0) is 4.79 Å². The van der Waals surface area contributed by atoms with Gasteiger partial charge in [-0.25, -0.2) is 9.66 Å². The molecule has 2 aromatic rings. The number of hydrogen-bond donors (Lipinski definition) is 1. The maximum absolute atomic E-state index is 12.2. The molecule has 116 valence electrons. The summed E-state index contributed by atoms with van der Waals surface area (Å²) in [7, 11) is 0. The number of thioether (sulfide) groups is 1. The zero-order chi connectivity index (χ0) is 15.4. The van der Waals surface area contributed by atoms with Crippen LogP contribution in [-0.4, -0.2) is 62.6 Å². The van der Waals surface area contributed by atoms with Crippen molar-refractivity contribution in [1.29, 1.82) is 0 Å². The third-order valence-electron chi connectivity index (χ3n) is 3.47. The minimum absolute atomic E-state index is 0.0914. The highest BCUT2D eigenvalue weighted by molar-refractivity contribution is 7.99. The molecule has 3 heterocycles. The highest BCUT2D eigenvalue weighted by Crippen LogP contribution is 2.16. The van der Waals surface area contributed by atoms with E-state index in [2.05, 4.69) is 20.1 Å². The molecule has 0 unspecified atom stereocenters. The predicted molar refractivity (Wildman–Crippen MR) is 83.9 cm³/mol. The molecule has 1 saturated heterocycles. The van der Waals surface area contributed by atoms with Crippen LogP contribution in [0.3, 0.4) is 0 Å². The molecular formula is C13H17N7OS. The quantitative estimate of drug-likeness (QED) is 0.617. The molecule has 1 fully saturated rings. The van der Waals surface area contributed by atoms with E-state index in [4.69, 9.17) is 5.84 Å². The van der Waals surface area contributed by atoms with Gasteiger partial charge in [0.2, 0.25) is 11.1 Å². The number of rotatable bonds is 4. The first-order valence-electron chi connectivity index (χ1n) is 6.95. The molecule has 0 atom stereocenters. The van der Waals surface area contributed by atoms with Crippen LogP contribution in [0, 0.1) is 0 Å². The fraction of sp³-hybridized carbons (Fsp3) is 0.385. The van der Waals surface area contributed by atoms with Crippen LogP contribution in [0.4, 0.5) is 5.82 Å². The summed E-state index contributed by atoms with van der Waals surface area (Å²) in [4.78, 5) is 20.6. The molecule has 1 aliphatic heterocycles. The van der Waals surface area contributed by atoms with Crippen molar-refractivity contribution in [3.8, 4) is 0 Å². The van der Waals surface area contributed by atoms with Gasteiger partial charge in [0.1, 0.15) is 12.1 Å². The van der Waals surface area contributed by atoms with Crippen molar-refractivity contribution in [2.75, 3.05) is 42.7 Å². The van der Waals surface area contributed by atoms with Crippen molar-refractivity contribution in [3.05, 3.63) is 30.7 Å². The Morgan fingerprint density at radius 3 is 2.73 bits per heavy atom. The molecule has 0 saturated carbocycles. The number of aromatic nitrogens is 4. The van der Waals surface area contributed by atoms with Crippen LogP contribution in [0.25, 0.3) is 0 Å². The van der Waals surface area contributed by atoms with E-state index in [1.165, 1.54) is 22.8 Å². The Morgan fingerprint density at radius 2 is 2.09 bits per heavy atom. The standard InChI is InChI=1S/C13H17N7OS/c14-20-10-16-17-13(20)22-9-12(21)19-7-5-18(6-8-19)11-3-1-2-4-15-11/h1-4,10H,5-9,14H2. The first kappa shape index (κ1) is 14.6. The SMILES string of the molecule is Nn1cnnc1SCC(=O)N1CCN(c2ccccn2)CC1. The molecule has 1 aliphatic rings. The summed E-state index contributed by atoms with van der Waals surface area (Å²) in [5, 5.41) is 8.07. The fourth-order valence-corrected chi connectivity index (χ4v) is 3.01. The van der Waals surface area contributed by atoms with Gasteiger partial charge in [-0.2, -0.15) is 0 Å². The van der Waals surface area contributed by atoms with Crippen LogP contribution in [0.5, 0.6) is 0 Å². The number of carbonyl (C=O) groups excluding carboxylic acids is 1. The van der Waals surface area contributed by atoms with E-state index in [-0.39, 0.29) is 5.91 Å². The Kier molecular flexibility index (Phi) is 4.42. The van der Waals surface area contributed by atoms with Gasteiger partial charge in [-0.05, 0) is 12.1 Å². The van der Waals surface area contributed by atoms with Crippen LogP contribution in [0.1, 0.15) is 0 Å².